The first-order chi connectivity index (χ1) is 9.21. The number of phenols is 1. The van der Waals surface area contributed by atoms with Crippen molar-refractivity contribution in [1.29, 1.82) is 0 Å². The zero-order valence-corrected chi connectivity index (χ0v) is 12.8. The molecule has 0 unspecified atom stereocenters. The molecule has 0 aromatic heterocycles. The number of rotatable bonds is 5. The van der Waals surface area contributed by atoms with Crippen molar-refractivity contribution in [3.8, 4) is 11.5 Å². The fourth-order valence-electron chi connectivity index (χ4n) is 1.62. The van der Waals surface area contributed by atoms with Gasteiger partial charge in [-0.25, -0.2) is 0 Å². The molecule has 0 aliphatic heterocycles. The molecular weight excluding hydrogens is 285 g/mol. The van der Waals surface area contributed by atoms with Gasteiger partial charge in [0.25, 0.3) is 7.82 Å². The second-order valence-electron chi connectivity index (χ2n) is 4.13. The average Bonchev–Trinajstić information content (AvgIpc) is 2.35. The summed E-state index contributed by atoms with van der Waals surface area (Å²) in [5, 5.41) is 9.45. The van der Waals surface area contributed by atoms with Crippen molar-refractivity contribution >= 4 is 7.82 Å². The lowest BCUT2D eigenvalue weighted by atomic mass is 10.2. The molecule has 0 spiro atoms. The van der Waals surface area contributed by atoms with E-state index in [1.165, 1.54) is 10.5 Å². The summed E-state index contributed by atoms with van der Waals surface area (Å²) in [5.41, 5.74) is 1.20. The van der Waals surface area contributed by atoms with Crippen LogP contribution in [0.15, 0.2) is 18.2 Å². The first-order valence-electron chi connectivity index (χ1n) is 6.17. The van der Waals surface area contributed by atoms with Crippen molar-refractivity contribution in [2.75, 3.05) is 20.2 Å². The van der Waals surface area contributed by atoms with Crippen LogP contribution in [0.2, 0.25) is 0 Å². The third-order valence-corrected chi connectivity index (χ3v) is 2.70. The molecule has 1 aromatic carbocycles. The summed E-state index contributed by atoms with van der Waals surface area (Å²) in [6, 6.07) is 5.54. The lowest BCUT2D eigenvalue weighted by Crippen LogP contribution is -3.10. The van der Waals surface area contributed by atoms with E-state index in [4.69, 9.17) is 24.0 Å². The highest BCUT2D eigenvalue weighted by atomic mass is 31.2. The lowest BCUT2D eigenvalue weighted by molar-refractivity contribution is -0.910. The van der Waals surface area contributed by atoms with Crippen molar-refractivity contribution in [3.63, 3.8) is 0 Å². The number of ether oxygens (including phenoxy) is 1. The minimum Gasteiger partial charge on any atom is -0.756 e. The maximum atomic E-state index is 9.45. The Morgan fingerprint density at radius 1 is 1.30 bits per heavy atom. The monoisotopic (exact) mass is 307 g/mol. The number of quaternary nitrogens is 1. The van der Waals surface area contributed by atoms with Crippen molar-refractivity contribution in [2.45, 2.75) is 20.4 Å². The maximum Gasteiger partial charge on any atom is 0.262 e. The Labute approximate surface area is 118 Å². The van der Waals surface area contributed by atoms with E-state index < -0.39 is 7.82 Å². The molecule has 1 rings (SSSR count). The van der Waals surface area contributed by atoms with E-state index in [9.17, 15) is 5.11 Å². The van der Waals surface area contributed by atoms with Crippen molar-refractivity contribution < 1.29 is 34.0 Å². The number of methoxy groups -OCH3 is 1. The molecule has 0 amide bonds. The topological polar surface area (TPSA) is 114 Å². The third kappa shape index (κ3) is 8.90. The van der Waals surface area contributed by atoms with Crippen molar-refractivity contribution in [1.82, 2.24) is 0 Å². The SMILES string of the molecule is CC[NH+](CC)Cc1ccc(O)c(OC)c1.O=P([O-])(O)O. The van der Waals surface area contributed by atoms with E-state index in [0.29, 0.717) is 5.75 Å². The predicted molar refractivity (Wildman–Crippen MR) is 72.5 cm³/mol. The quantitative estimate of drug-likeness (QED) is 0.533. The first kappa shape index (κ1) is 18.9. The molecule has 0 saturated carbocycles. The Bertz CT molecular complexity index is 435. The minimum atomic E-state index is -4.89. The molecule has 0 fully saturated rings. The van der Waals surface area contributed by atoms with Crippen molar-refractivity contribution in [2.24, 2.45) is 0 Å². The highest BCUT2D eigenvalue weighted by molar-refractivity contribution is 7.43. The smallest absolute Gasteiger partial charge is 0.262 e. The zero-order valence-electron chi connectivity index (χ0n) is 11.9. The molecule has 0 atom stereocenters. The molecule has 0 aliphatic rings. The standard InChI is InChI=1S/C12H19NO2.H3O4P/c1-4-13(5-2)9-10-6-7-11(14)12(8-10)15-3;1-5(2,3)4/h6-8,14H,4-5,9H2,1-3H3;(H3,1,2,3,4). The summed E-state index contributed by atoms with van der Waals surface area (Å²) in [7, 11) is -3.32. The molecule has 20 heavy (non-hydrogen) atoms. The largest absolute Gasteiger partial charge is 0.756 e. The zero-order chi connectivity index (χ0) is 15.8. The molecule has 0 radical (unpaired) electrons. The molecule has 8 heteroatoms. The van der Waals surface area contributed by atoms with Crippen LogP contribution in [-0.4, -0.2) is 35.1 Å². The van der Waals surface area contributed by atoms with Gasteiger partial charge in [-0.1, -0.05) is 0 Å². The molecule has 116 valence electrons. The number of aromatic hydroxyl groups is 1. The molecule has 0 bridgehead atoms. The van der Waals surface area contributed by atoms with Crippen LogP contribution in [0.4, 0.5) is 0 Å². The van der Waals surface area contributed by atoms with Gasteiger partial charge in [-0.3, -0.25) is 4.57 Å². The number of nitrogens with one attached hydrogen (secondary N) is 1. The molecule has 1 aromatic rings. The summed E-state index contributed by atoms with van der Waals surface area (Å²) in [6.07, 6.45) is 0. The molecule has 0 aliphatic carbocycles. The van der Waals surface area contributed by atoms with Gasteiger partial charge in [-0.05, 0) is 32.0 Å². The van der Waals surface area contributed by atoms with E-state index >= 15 is 0 Å². The highest BCUT2D eigenvalue weighted by Gasteiger charge is 2.07. The summed E-state index contributed by atoms with van der Waals surface area (Å²) in [6.45, 7) is 7.55. The van der Waals surface area contributed by atoms with Crippen LogP contribution in [0.25, 0.3) is 0 Å². The number of hydrogen-bond acceptors (Lipinski definition) is 4. The number of benzene rings is 1. The van der Waals surface area contributed by atoms with Crippen LogP contribution < -0.4 is 14.5 Å². The third-order valence-electron chi connectivity index (χ3n) is 2.70. The van der Waals surface area contributed by atoms with Gasteiger partial charge in [0, 0.05) is 5.56 Å². The van der Waals surface area contributed by atoms with Crippen molar-refractivity contribution in [3.05, 3.63) is 23.8 Å². The van der Waals surface area contributed by atoms with Gasteiger partial charge in [-0.15, -0.1) is 0 Å². The van der Waals surface area contributed by atoms with E-state index in [-0.39, 0.29) is 5.75 Å². The Morgan fingerprint density at radius 3 is 2.20 bits per heavy atom. The van der Waals surface area contributed by atoms with Gasteiger partial charge >= 0.3 is 0 Å². The summed E-state index contributed by atoms with van der Waals surface area (Å²) in [5.74, 6) is 0.759. The molecular formula is C12H22NO6P. The fourth-order valence-corrected chi connectivity index (χ4v) is 1.62. The Hall–Kier alpha value is -1.11. The molecule has 0 heterocycles. The van der Waals surface area contributed by atoms with Gasteiger partial charge in [0.1, 0.15) is 6.54 Å². The molecule has 0 saturated heterocycles. The van der Waals surface area contributed by atoms with Gasteiger partial charge in [0.15, 0.2) is 11.5 Å². The van der Waals surface area contributed by atoms with E-state index in [0.717, 1.165) is 19.6 Å². The normalized spacial score (nSPS) is 10.9. The number of phenolic OH excluding ortho intramolecular Hbond substituents is 1. The second kappa shape index (κ2) is 8.94. The van der Waals surface area contributed by atoms with Crippen LogP contribution in [-0.2, 0) is 11.1 Å². The Balaban J connectivity index is 0.000000621. The molecule has 4 N–H and O–H groups in total. The van der Waals surface area contributed by atoms with Crippen LogP contribution in [0.1, 0.15) is 19.4 Å². The minimum absolute atomic E-state index is 0.204. The van der Waals surface area contributed by atoms with Crippen LogP contribution in [0.5, 0.6) is 11.5 Å². The first-order valence-corrected chi connectivity index (χ1v) is 7.70. The van der Waals surface area contributed by atoms with Crippen LogP contribution >= 0.6 is 7.82 Å². The van der Waals surface area contributed by atoms with Crippen LogP contribution in [0, 0.1) is 0 Å². The summed E-state index contributed by atoms with van der Waals surface area (Å²) in [4.78, 5) is 24.4. The fraction of sp³-hybridized carbons (Fsp3) is 0.500. The maximum absolute atomic E-state index is 9.45. The van der Waals surface area contributed by atoms with E-state index in [1.807, 2.05) is 12.1 Å². The van der Waals surface area contributed by atoms with Crippen LogP contribution in [0.3, 0.4) is 0 Å². The van der Waals surface area contributed by atoms with Gasteiger partial charge in [0.05, 0.1) is 20.2 Å². The lowest BCUT2D eigenvalue weighted by Gasteiger charge is -2.15. The highest BCUT2D eigenvalue weighted by Crippen LogP contribution is 2.25. The summed E-state index contributed by atoms with van der Waals surface area (Å²) < 4.78 is 13.8. The number of hydrogen-bond donors (Lipinski definition) is 4. The second-order valence-corrected chi connectivity index (χ2v) is 5.11. The molecule has 7 nitrogen and oxygen atoms in total. The predicted octanol–water partition coefficient (Wildman–Crippen LogP) is -0.735. The van der Waals surface area contributed by atoms with Gasteiger partial charge < -0.3 is 29.4 Å². The Morgan fingerprint density at radius 2 is 1.80 bits per heavy atom. The van der Waals surface area contributed by atoms with Gasteiger partial charge in [-0.2, -0.15) is 0 Å². The van der Waals surface area contributed by atoms with Gasteiger partial charge in [0.2, 0.25) is 0 Å². The number of phosphoric acid groups is 1. The average molecular weight is 307 g/mol. The van der Waals surface area contributed by atoms with E-state index in [2.05, 4.69) is 13.8 Å². The Kier molecular flexibility index (Phi) is 8.45. The van der Waals surface area contributed by atoms with E-state index in [1.54, 1.807) is 13.2 Å². The summed E-state index contributed by atoms with van der Waals surface area (Å²) >= 11 is 0.